The molecule has 1 fully saturated rings. The van der Waals surface area contributed by atoms with Crippen LogP contribution in [0.1, 0.15) is 24.0 Å². The molecule has 3 heterocycles. The first-order chi connectivity index (χ1) is 18.5. The van der Waals surface area contributed by atoms with Gasteiger partial charge in [0.2, 0.25) is 5.91 Å². The summed E-state index contributed by atoms with van der Waals surface area (Å²) in [5.74, 6) is 1.75. The number of amides is 1. The molecule has 9 nitrogen and oxygen atoms in total. The number of carbonyl (C=O) groups is 1. The van der Waals surface area contributed by atoms with E-state index >= 15 is 0 Å². The van der Waals surface area contributed by atoms with Gasteiger partial charge in [-0.25, -0.2) is 0 Å². The smallest absolute Gasteiger partial charge is 0.251 e. The predicted octanol–water partition coefficient (Wildman–Crippen LogP) is 2.53. The van der Waals surface area contributed by atoms with Crippen molar-refractivity contribution in [3.05, 3.63) is 70.0 Å². The lowest BCUT2D eigenvalue weighted by molar-refractivity contribution is -0.113. The van der Waals surface area contributed by atoms with Crippen LogP contribution in [0, 0.1) is 0 Å². The number of hydrogen-bond acceptors (Lipinski definition) is 7. The van der Waals surface area contributed by atoms with E-state index in [9.17, 15) is 9.59 Å². The summed E-state index contributed by atoms with van der Waals surface area (Å²) in [5.41, 5.74) is 7.77. The van der Waals surface area contributed by atoms with Crippen LogP contribution in [-0.4, -0.2) is 61.4 Å². The van der Waals surface area contributed by atoms with Gasteiger partial charge in [0.15, 0.2) is 11.5 Å². The van der Waals surface area contributed by atoms with Crippen LogP contribution in [0.2, 0.25) is 0 Å². The Morgan fingerprint density at radius 3 is 2.63 bits per heavy atom. The Labute approximate surface area is 221 Å². The zero-order valence-electron chi connectivity index (χ0n) is 21.7. The molecule has 0 saturated carbocycles. The molecule has 1 saturated heterocycles. The molecule has 0 aliphatic carbocycles. The fraction of sp³-hybridized carbons (Fsp3) is 0.379. The third-order valence-electron chi connectivity index (χ3n) is 7.21. The van der Waals surface area contributed by atoms with Crippen molar-refractivity contribution in [2.24, 2.45) is 5.73 Å². The van der Waals surface area contributed by atoms with E-state index in [0.29, 0.717) is 37.1 Å². The number of nitrogens with zero attached hydrogens (tertiary/aromatic N) is 2. The molecule has 9 heteroatoms. The first kappa shape index (κ1) is 25.8. The summed E-state index contributed by atoms with van der Waals surface area (Å²) < 4.78 is 18.5. The molecule has 3 aromatic rings. The number of aromatic nitrogens is 1. The van der Waals surface area contributed by atoms with Crippen LogP contribution in [0.25, 0.3) is 17.0 Å². The van der Waals surface area contributed by atoms with Gasteiger partial charge in [0.05, 0.1) is 12.6 Å². The topological polar surface area (TPSA) is 108 Å². The molecule has 1 aromatic heterocycles. The number of primary amides is 1. The number of fused-ring (bicyclic) bond motifs is 2. The zero-order chi connectivity index (χ0) is 26.5. The van der Waals surface area contributed by atoms with E-state index in [4.69, 9.17) is 19.9 Å². The highest BCUT2D eigenvalue weighted by Gasteiger charge is 2.20. The van der Waals surface area contributed by atoms with Crippen molar-refractivity contribution in [2.45, 2.75) is 32.0 Å². The molecule has 0 radical (unpaired) electrons. The van der Waals surface area contributed by atoms with E-state index in [0.717, 1.165) is 61.4 Å². The van der Waals surface area contributed by atoms with Gasteiger partial charge in [0, 0.05) is 49.3 Å². The van der Waals surface area contributed by atoms with Gasteiger partial charge < -0.3 is 34.7 Å². The molecular formula is C29H34N4O5. The molecule has 5 rings (SSSR count). The summed E-state index contributed by atoms with van der Waals surface area (Å²) in [6.45, 7) is 5.26. The normalized spacial score (nSPS) is 16.2. The molecule has 0 spiro atoms. The van der Waals surface area contributed by atoms with Gasteiger partial charge in [-0.3, -0.25) is 9.59 Å². The summed E-state index contributed by atoms with van der Waals surface area (Å²) in [7, 11) is 1.60. The predicted molar refractivity (Wildman–Crippen MR) is 147 cm³/mol. The van der Waals surface area contributed by atoms with E-state index < -0.39 is 5.91 Å². The fourth-order valence-corrected chi connectivity index (χ4v) is 5.12. The average Bonchev–Trinajstić information content (AvgIpc) is 2.94. The van der Waals surface area contributed by atoms with Gasteiger partial charge in [-0.15, -0.1) is 0 Å². The van der Waals surface area contributed by atoms with Gasteiger partial charge in [-0.1, -0.05) is 6.07 Å². The standard InChI is InChI=1S/C29H34N4O5/c1-36-23-4-5-24-21(3-7-28(30)34)17-29(35)33(25(24)18-23)13-12-32-10-8-22(9-11-32)31-19-20-2-6-26-27(16-20)38-15-14-37-26/h2-7,16-18,22,31H,8-15,19H2,1H3,(H2,30,34). The van der Waals surface area contributed by atoms with Gasteiger partial charge in [0.1, 0.15) is 19.0 Å². The van der Waals surface area contributed by atoms with Gasteiger partial charge in [-0.05, 0) is 67.4 Å². The Kier molecular flexibility index (Phi) is 7.95. The Bertz CT molecular complexity index is 1390. The summed E-state index contributed by atoms with van der Waals surface area (Å²) in [4.78, 5) is 26.7. The van der Waals surface area contributed by atoms with E-state index in [-0.39, 0.29) is 5.56 Å². The van der Waals surface area contributed by atoms with Gasteiger partial charge in [-0.2, -0.15) is 0 Å². The molecule has 1 amide bonds. The van der Waals surface area contributed by atoms with Gasteiger partial charge >= 0.3 is 0 Å². The summed E-state index contributed by atoms with van der Waals surface area (Å²) in [5, 5.41) is 4.55. The van der Waals surface area contributed by atoms with E-state index in [1.165, 1.54) is 11.6 Å². The van der Waals surface area contributed by atoms with E-state index in [1.807, 2.05) is 24.3 Å². The van der Waals surface area contributed by atoms with Crippen molar-refractivity contribution in [1.29, 1.82) is 0 Å². The Balaban J connectivity index is 1.19. The van der Waals surface area contributed by atoms with Crippen molar-refractivity contribution >= 4 is 22.9 Å². The maximum absolute atomic E-state index is 13.1. The number of hydrogen-bond donors (Lipinski definition) is 2. The number of likely N-dealkylation sites (tertiary alicyclic amines) is 1. The SMILES string of the molecule is COc1ccc2c(C=CC(N)=O)cc(=O)n(CCN3CCC(NCc4ccc5c(c4)OCCO5)CC3)c2c1. The number of ether oxygens (including phenoxy) is 3. The van der Waals surface area contributed by atoms with Crippen LogP contribution < -0.4 is 30.8 Å². The summed E-state index contributed by atoms with van der Waals surface area (Å²) >= 11 is 0. The molecule has 2 aliphatic rings. The molecule has 0 bridgehead atoms. The highest BCUT2D eigenvalue weighted by molar-refractivity contribution is 5.95. The van der Waals surface area contributed by atoms with Crippen molar-refractivity contribution in [3.63, 3.8) is 0 Å². The zero-order valence-corrected chi connectivity index (χ0v) is 21.7. The number of pyridine rings is 1. The van der Waals surface area contributed by atoms with Crippen molar-refractivity contribution in [1.82, 2.24) is 14.8 Å². The highest BCUT2D eigenvalue weighted by Crippen LogP contribution is 2.31. The van der Waals surface area contributed by atoms with Crippen LogP contribution >= 0.6 is 0 Å². The van der Waals surface area contributed by atoms with Crippen molar-refractivity contribution < 1.29 is 19.0 Å². The Hall–Kier alpha value is -3.82. The van der Waals surface area contributed by atoms with E-state index in [1.54, 1.807) is 23.8 Å². The van der Waals surface area contributed by atoms with Crippen LogP contribution in [0.4, 0.5) is 0 Å². The van der Waals surface area contributed by atoms with Crippen LogP contribution in [0.5, 0.6) is 17.2 Å². The number of nitrogens with two attached hydrogens (primary N) is 1. The number of nitrogens with one attached hydrogen (secondary N) is 1. The second-order valence-corrected chi connectivity index (χ2v) is 9.68. The summed E-state index contributed by atoms with van der Waals surface area (Å²) in [6, 6.07) is 13.8. The van der Waals surface area contributed by atoms with Crippen molar-refractivity contribution in [2.75, 3.05) is 40.0 Å². The monoisotopic (exact) mass is 518 g/mol. The lowest BCUT2D eigenvalue weighted by Crippen LogP contribution is -2.43. The molecule has 0 atom stereocenters. The summed E-state index contributed by atoms with van der Waals surface area (Å²) in [6.07, 6.45) is 4.95. The average molecular weight is 519 g/mol. The maximum Gasteiger partial charge on any atom is 0.251 e. The quantitative estimate of drug-likeness (QED) is 0.419. The number of benzene rings is 2. The second kappa shape index (κ2) is 11.7. The number of rotatable bonds is 9. The van der Waals surface area contributed by atoms with Crippen LogP contribution in [0.15, 0.2) is 53.3 Å². The highest BCUT2D eigenvalue weighted by atomic mass is 16.6. The molecule has 200 valence electrons. The van der Waals surface area contributed by atoms with Crippen molar-refractivity contribution in [3.8, 4) is 17.2 Å². The fourth-order valence-electron chi connectivity index (χ4n) is 5.12. The van der Waals surface area contributed by atoms with Gasteiger partial charge in [0.25, 0.3) is 5.56 Å². The molecule has 3 N–H and O–H groups in total. The Morgan fingerprint density at radius 2 is 1.87 bits per heavy atom. The number of piperidine rings is 1. The van der Waals surface area contributed by atoms with E-state index in [2.05, 4.69) is 22.3 Å². The first-order valence-electron chi connectivity index (χ1n) is 13.0. The number of methoxy groups -OCH3 is 1. The van der Waals surface area contributed by atoms with Crippen LogP contribution in [-0.2, 0) is 17.9 Å². The maximum atomic E-state index is 13.1. The largest absolute Gasteiger partial charge is 0.497 e. The molecule has 38 heavy (non-hydrogen) atoms. The number of carbonyl (C=O) groups excluding carboxylic acids is 1. The minimum atomic E-state index is -0.556. The Morgan fingerprint density at radius 1 is 1.08 bits per heavy atom. The molecular weight excluding hydrogens is 484 g/mol. The minimum Gasteiger partial charge on any atom is -0.497 e. The second-order valence-electron chi connectivity index (χ2n) is 9.68. The molecule has 2 aromatic carbocycles. The lowest BCUT2D eigenvalue weighted by Gasteiger charge is -2.32. The third-order valence-corrected chi connectivity index (χ3v) is 7.21. The first-order valence-corrected chi connectivity index (χ1v) is 13.0. The minimum absolute atomic E-state index is 0.120. The lowest BCUT2D eigenvalue weighted by atomic mass is 10.0. The van der Waals surface area contributed by atoms with Crippen LogP contribution in [0.3, 0.4) is 0 Å². The molecule has 0 unspecified atom stereocenters. The third kappa shape index (κ3) is 6.00. The molecule has 2 aliphatic heterocycles.